The first-order chi connectivity index (χ1) is 6.90. The number of piperazine rings is 1. The molecule has 92 valence electrons. The van der Waals surface area contributed by atoms with E-state index in [0.29, 0.717) is 5.88 Å². The summed E-state index contributed by atoms with van der Waals surface area (Å²) in [5.41, 5.74) is 1.19. The van der Waals surface area contributed by atoms with Crippen LogP contribution in [0.2, 0.25) is 0 Å². The lowest BCUT2D eigenvalue weighted by Crippen LogP contribution is -2.43. The molecule has 0 aliphatic carbocycles. The highest BCUT2D eigenvalue weighted by Gasteiger charge is 2.10. The Morgan fingerprint density at radius 2 is 2.00 bits per heavy atom. The van der Waals surface area contributed by atoms with Crippen molar-refractivity contribution >= 4 is 30.5 Å². The van der Waals surface area contributed by atoms with Crippen molar-refractivity contribution in [3.63, 3.8) is 0 Å². The molecule has 4 nitrogen and oxygen atoms in total. The highest BCUT2D eigenvalue weighted by atomic mass is 35.5. The fourth-order valence-corrected chi connectivity index (χ4v) is 1.63. The van der Waals surface area contributed by atoms with Crippen molar-refractivity contribution in [2.24, 2.45) is 0 Å². The lowest BCUT2D eigenvalue weighted by atomic mass is 10.3. The van der Waals surface area contributed by atoms with Crippen LogP contribution in [0.3, 0.4) is 0 Å². The van der Waals surface area contributed by atoms with E-state index in [1.54, 1.807) is 13.3 Å². The maximum atomic E-state index is 5.09. The van der Waals surface area contributed by atoms with E-state index in [2.05, 4.69) is 15.2 Å². The third kappa shape index (κ3) is 3.70. The molecule has 2 rings (SSSR count). The quantitative estimate of drug-likeness (QED) is 0.876. The predicted octanol–water partition coefficient (Wildman–Crippen LogP) is 1.34. The molecular weight excluding hydrogens is 249 g/mol. The average Bonchev–Trinajstić information content (AvgIpc) is 2.30. The Labute approximate surface area is 108 Å². The Balaban J connectivity index is 0.00000112. The fraction of sp³-hybridized carbons (Fsp3) is 0.500. The van der Waals surface area contributed by atoms with Crippen LogP contribution in [0.25, 0.3) is 0 Å². The highest BCUT2D eigenvalue weighted by molar-refractivity contribution is 5.85. The number of pyridine rings is 1. The standard InChI is InChI=1S/C10H15N3O.2ClH/c1-14-10-8-9(2-3-12-10)13-6-4-11-5-7-13;;/h2-3,8,11H,4-7H2,1H3;2*1H. The molecule has 1 aliphatic heterocycles. The number of hydrogen-bond donors (Lipinski definition) is 1. The summed E-state index contributed by atoms with van der Waals surface area (Å²) < 4.78 is 5.09. The number of nitrogens with zero attached hydrogens (tertiary/aromatic N) is 2. The zero-order chi connectivity index (χ0) is 9.80. The monoisotopic (exact) mass is 265 g/mol. The van der Waals surface area contributed by atoms with Gasteiger partial charge in [0.1, 0.15) is 0 Å². The number of hydrogen-bond acceptors (Lipinski definition) is 4. The topological polar surface area (TPSA) is 37.4 Å². The van der Waals surface area contributed by atoms with Crippen molar-refractivity contribution in [3.8, 4) is 5.88 Å². The van der Waals surface area contributed by atoms with Crippen LogP contribution in [-0.4, -0.2) is 38.3 Å². The summed E-state index contributed by atoms with van der Waals surface area (Å²) in [4.78, 5) is 6.42. The number of anilines is 1. The first-order valence-corrected chi connectivity index (χ1v) is 4.86. The number of rotatable bonds is 2. The van der Waals surface area contributed by atoms with Gasteiger partial charge in [-0.3, -0.25) is 0 Å². The maximum absolute atomic E-state index is 5.09. The zero-order valence-corrected chi connectivity index (χ0v) is 10.8. The minimum atomic E-state index is 0. The van der Waals surface area contributed by atoms with Crippen LogP contribution < -0.4 is 15.0 Å². The molecule has 0 amide bonds. The molecule has 0 aromatic carbocycles. The molecule has 0 bridgehead atoms. The van der Waals surface area contributed by atoms with E-state index in [0.717, 1.165) is 26.2 Å². The SMILES string of the molecule is COc1cc(N2CCNCC2)ccn1.Cl.Cl. The molecule has 1 fully saturated rings. The van der Waals surface area contributed by atoms with Crippen molar-refractivity contribution in [1.82, 2.24) is 10.3 Å². The summed E-state index contributed by atoms with van der Waals surface area (Å²) in [6.45, 7) is 4.19. The summed E-state index contributed by atoms with van der Waals surface area (Å²) in [6.07, 6.45) is 1.79. The smallest absolute Gasteiger partial charge is 0.214 e. The van der Waals surface area contributed by atoms with E-state index in [1.807, 2.05) is 12.1 Å². The third-order valence-corrected chi connectivity index (χ3v) is 2.41. The minimum absolute atomic E-state index is 0. The van der Waals surface area contributed by atoms with E-state index in [9.17, 15) is 0 Å². The van der Waals surface area contributed by atoms with Gasteiger partial charge in [0.15, 0.2) is 0 Å². The Morgan fingerprint density at radius 1 is 1.31 bits per heavy atom. The van der Waals surface area contributed by atoms with Crippen LogP contribution in [0, 0.1) is 0 Å². The maximum Gasteiger partial charge on any atom is 0.214 e. The molecule has 0 unspecified atom stereocenters. The molecular formula is C10H17Cl2N3O. The fourth-order valence-electron chi connectivity index (χ4n) is 1.63. The second kappa shape index (κ2) is 7.54. The summed E-state index contributed by atoms with van der Waals surface area (Å²) in [6, 6.07) is 4.00. The third-order valence-electron chi connectivity index (χ3n) is 2.41. The van der Waals surface area contributed by atoms with E-state index in [4.69, 9.17) is 4.74 Å². The summed E-state index contributed by atoms with van der Waals surface area (Å²) in [7, 11) is 1.64. The van der Waals surface area contributed by atoms with Crippen LogP contribution in [0.1, 0.15) is 0 Å². The van der Waals surface area contributed by atoms with Gasteiger partial charge in [-0.05, 0) is 6.07 Å². The highest BCUT2D eigenvalue weighted by Crippen LogP contribution is 2.18. The first-order valence-electron chi connectivity index (χ1n) is 4.86. The number of ether oxygens (including phenoxy) is 1. The van der Waals surface area contributed by atoms with Crippen LogP contribution in [0.15, 0.2) is 18.3 Å². The van der Waals surface area contributed by atoms with Crippen molar-refractivity contribution < 1.29 is 4.74 Å². The number of aromatic nitrogens is 1. The first kappa shape index (κ1) is 15.3. The number of nitrogens with one attached hydrogen (secondary N) is 1. The Morgan fingerprint density at radius 3 is 2.62 bits per heavy atom. The van der Waals surface area contributed by atoms with Crippen LogP contribution >= 0.6 is 24.8 Å². The lowest BCUT2D eigenvalue weighted by Gasteiger charge is -2.29. The molecule has 2 heterocycles. The van der Waals surface area contributed by atoms with Crippen LogP contribution in [0.4, 0.5) is 5.69 Å². The second-order valence-electron chi connectivity index (χ2n) is 3.29. The molecule has 1 N–H and O–H groups in total. The van der Waals surface area contributed by atoms with E-state index < -0.39 is 0 Å². The van der Waals surface area contributed by atoms with E-state index in [1.165, 1.54) is 5.69 Å². The van der Waals surface area contributed by atoms with Gasteiger partial charge in [-0.2, -0.15) is 0 Å². The Bertz CT molecular complexity index is 306. The summed E-state index contributed by atoms with van der Waals surface area (Å²) in [5, 5.41) is 3.32. The second-order valence-corrected chi connectivity index (χ2v) is 3.29. The molecule has 16 heavy (non-hydrogen) atoms. The Hall–Kier alpha value is -0.710. The zero-order valence-electron chi connectivity index (χ0n) is 9.18. The molecule has 1 aromatic heterocycles. The van der Waals surface area contributed by atoms with Crippen molar-refractivity contribution in [2.45, 2.75) is 0 Å². The van der Waals surface area contributed by atoms with Gasteiger partial charge in [0.2, 0.25) is 5.88 Å². The predicted molar refractivity (Wildman–Crippen MR) is 70.4 cm³/mol. The molecule has 0 saturated carbocycles. The van der Waals surface area contributed by atoms with Gasteiger partial charge in [-0.1, -0.05) is 0 Å². The molecule has 1 saturated heterocycles. The normalized spacial score (nSPS) is 14.7. The van der Waals surface area contributed by atoms with Gasteiger partial charge in [-0.15, -0.1) is 24.8 Å². The van der Waals surface area contributed by atoms with Crippen LogP contribution in [-0.2, 0) is 0 Å². The largest absolute Gasteiger partial charge is 0.481 e. The molecule has 6 heteroatoms. The number of halogens is 2. The van der Waals surface area contributed by atoms with Gasteiger partial charge >= 0.3 is 0 Å². The molecule has 0 atom stereocenters. The minimum Gasteiger partial charge on any atom is -0.481 e. The van der Waals surface area contributed by atoms with E-state index in [-0.39, 0.29) is 24.8 Å². The summed E-state index contributed by atoms with van der Waals surface area (Å²) >= 11 is 0. The Kier molecular flexibility index (Phi) is 7.21. The van der Waals surface area contributed by atoms with Crippen molar-refractivity contribution in [2.75, 3.05) is 38.2 Å². The average molecular weight is 266 g/mol. The van der Waals surface area contributed by atoms with Gasteiger partial charge in [0, 0.05) is 44.1 Å². The lowest BCUT2D eigenvalue weighted by molar-refractivity contribution is 0.397. The molecule has 1 aliphatic rings. The van der Waals surface area contributed by atoms with Crippen molar-refractivity contribution in [1.29, 1.82) is 0 Å². The van der Waals surface area contributed by atoms with E-state index >= 15 is 0 Å². The molecule has 0 radical (unpaired) electrons. The molecule has 1 aromatic rings. The summed E-state index contributed by atoms with van der Waals surface area (Å²) in [5.74, 6) is 0.682. The van der Waals surface area contributed by atoms with Gasteiger partial charge in [-0.25, -0.2) is 4.98 Å². The van der Waals surface area contributed by atoms with Gasteiger partial charge < -0.3 is 15.0 Å². The number of methoxy groups -OCH3 is 1. The van der Waals surface area contributed by atoms with Gasteiger partial charge in [0.05, 0.1) is 7.11 Å². The van der Waals surface area contributed by atoms with Gasteiger partial charge in [0.25, 0.3) is 0 Å². The molecule has 0 spiro atoms. The van der Waals surface area contributed by atoms with Crippen LogP contribution in [0.5, 0.6) is 5.88 Å². The van der Waals surface area contributed by atoms with Crippen molar-refractivity contribution in [3.05, 3.63) is 18.3 Å².